The predicted molar refractivity (Wildman–Crippen MR) is 59.8 cm³/mol. The highest BCUT2D eigenvalue weighted by atomic mass is 16.5. The van der Waals surface area contributed by atoms with Gasteiger partial charge in [0.05, 0.1) is 17.9 Å². The number of rotatable bonds is 4. The van der Waals surface area contributed by atoms with E-state index < -0.39 is 5.97 Å². The van der Waals surface area contributed by atoms with Gasteiger partial charge in [0.25, 0.3) is 0 Å². The van der Waals surface area contributed by atoms with Gasteiger partial charge in [-0.15, -0.1) is 0 Å². The largest absolute Gasteiger partial charge is 0.461 e. The van der Waals surface area contributed by atoms with Crippen LogP contribution in [0.2, 0.25) is 0 Å². The van der Waals surface area contributed by atoms with Crippen LogP contribution in [0.15, 0.2) is 6.20 Å². The zero-order valence-corrected chi connectivity index (χ0v) is 9.49. The molecule has 5 nitrogen and oxygen atoms in total. The van der Waals surface area contributed by atoms with Gasteiger partial charge in [0.2, 0.25) is 0 Å². The number of nitrogens with two attached hydrogens (primary N) is 1. The van der Waals surface area contributed by atoms with Crippen molar-refractivity contribution in [3.63, 3.8) is 0 Å². The van der Waals surface area contributed by atoms with Crippen molar-refractivity contribution in [2.45, 2.75) is 26.8 Å². The molecule has 16 heavy (non-hydrogen) atoms. The number of carbonyl (C=O) groups is 1. The van der Waals surface area contributed by atoms with Gasteiger partial charge in [0, 0.05) is 12.7 Å². The van der Waals surface area contributed by atoms with Crippen molar-refractivity contribution in [1.82, 2.24) is 4.57 Å². The molecule has 0 atom stereocenters. The van der Waals surface area contributed by atoms with Crippen LogP contribution in [-0.2, 0) is 11.3 Å². The molecule has 2 N–H and O–H groups in total. The normalized spacial score (nSPS) is 9.81. The first-order chi connectivity index (χ1) is 7.65. The third-order valence-corrected chi connectivity index (χ3v) is 2.17. The molecule has 0 saturated carbocycles. The van der Waals surface area contributed by atoms with Crippen molar-refractivity contribution in [1.29, 1.82) is 5.26 Å². The number of anilines is 1. The van der Waals surface area contributed by atoms with E-state index in [0.717, 1.165) is 6.42 Å². The van der Waals surface area contributed by atoms with Crippen LogP contribution in [-0.4, -0.2) is 17.1 Å². The van der Waals surface area contributed by atoms with Crippen molar-refractivity contribution in [2.75, 3.05) is 12.3 Å². The van der Waals surface area contributed by atoms with Crippen LogP contribution in [0.5, 0.6) is 0 Å². The lowest BCUT2D eigenvalue weighted by Crippen LogP contribution is -2.13. The average molecular weight is 221 g/mol. The number of carbonyl (C=O) groups excluding carboxylic acids is 1. The SMILES string of the molecule is CCCn1cc(C#N)c(N)c1C(=O)OCC. The van der Waals surface area contributed by atoms with Crippen LogP contribution in [0.3, 0.4) is 0 Å². The fourth-order valence-corrected chi connectivity index (χ4v) is 1.51. The van der Waals surface area contributed by atoms with Crippen LogP contribution in [0.1, 0.15) is 36.3 Å². The second-order valence-corrected chi connectivity index (χ2v) is 3.33. The minimum atomic E-state index is -0.477. The van der Waals surface area contributed by atoms with E-state index in [4.69, 9.17) is 15.7 Å². The van der Waals surface area contributed by atoms with Gasteiger partial charge in [-0.25, -0.2) is 4.79 Å². The highest BCUT2D eigenvalue weighted by molar-refractivity contribution is 5.95. The molecule has 1 aromatic heterocycles. The lowest BCUT2D eigenvalue weighted by molar-refractivity contribution is 0.0515. The van der Waals surface area contributed by atoms with E-state index in [9.17, 15) is 4.79 Å². The lowest BCUT2D eigenvalue weighted by Gasteiger charge is -2.07. The summed E-state index contributed by atoms with van der Waals surface area (Å²) in [5.74, 6) is -0.477. The van der Waals surface area contributed by atoms with Gasteiger partial charge in [-0.1, -0.05) is 6.92 Å². The maximum atomic E-state index is 11.7. The van der Waals surface area contributed by atoms with Crippen LogP contribution in [0.4, 0.5) is 5.69 Å². The lowest BCUT2D eigenvalue weighted by atomic mass is 10.2. The predicted octanol–water partition coefficient (Wildman–Crippen LogP) is 1.53. The molecular weight excluding hydrogens is 206 g/mol. The number of nitrogen functional groups attached to an aromatic ring is 1. The van der Waals surface area contributed by atoms with Gasteiger partial charge in [0.15, 0.2) is 5.69 Å². The zero-order valence-electron chi connectivity index (χ0n) is 9.49. The van der Waals surface area contributed by atoms with Crippen molar-refractivity contribution >= 4 is 11.7 Å². The van der Waals surface area contributed by atoms with Gasteiger partial charge < -0.3 is 15.0 Å². The Morgan fingerprint density at radius 2 is 2.31 bits per heavy atom. The molecule has 0 bridgehead atoms. The number of aryl methyl sites for hydroxylation is 1. The number of hydrogen-bond donors (Lipinski definition) is 1. The third-order valence-electron chi connectivity index (χ3n) is 2.17. The Morgan fingerprint density at radius 1 is 1.62 bits per heavy atom. The summed E-state index contributed by atoms with van der Waals surface area (Å²) in [6.07, 6.45) is 2.44. The molecule has 1 heterocycles. The van der Waals surface area contributed by atoms with Crippen molar-refractivity contribution < 1.29 is 9.53 Å². The number of nitrogens with zero attached hydrogens (tertiary/aromatic N) is 2. The molecule has 0 aliphatic heterocycles. The maximum Gasteiger partial charge on any atom is 0.357 e. The first-order valence-electron chi connectivity index (χ1n) is 5.21. The number of nitriles is 1. The zero-order chi connectivity index (χ0) is 12.1. The van der Waals surface area contributed by atoms with E-state index in [1.54, 1.807) is 17.7 Å². The third kappa shape index (κ3) is 2.16. The first kappa shape index (κ1) is 12.1. The molecule has 0 radical (unpaired) electrons. The van der Waals surface area contributed by atoms with E-state index in [1.807, 2.05) is 13.0 Å². The minimum Gasteiger partial charge on any atom is -0.461 e. The molecule has 0 aliphatic rings. The fourth-order valence-electron chi connectivity index (χ4n) is 1.51. The molecule has 86 valence electrons. The molecule has 0 fully saturated rings. The van der Waals surface area contributed by atoms with Gasteiger partial charge in [-0.05, 0) is 13.3 Å². The Morgan fingerprint density at radius 3 is 2.81 bits per heavy atom. The van der Waals surface area contributed by atoms with Crippen molar-refractivity contribution in [3.05, 3.63) is 17.5 Å². The summed E-state index contributed by atoms with van der Waals surface area (Å²) in [4.78, 5) is 11.7. The molecule has 5 heteroatoms. The number of esters is 1. The fraction of sp³-hybridized carbons (Fsp3) is 0.455. The Labute approximate surface area is 94.4 Å². The molecule has 0 aliphatic carbocycles. The molecule has 1 rings (SSSR count). The van der Waals surface area contributed by atoms with E-state index in [-0.39, 0.29) is 18.0 Å². The van der Waals surface area contributed by atoms with Gasteiger partial charge in [0.1, 0.15) is 6.07 Å². The standard InChI is InChI=1S/C11H15N3O2/c1-3-5-14-7-8(6-12)9(13)10(14)11(15)16-4-2/h7H,3-5,13H2,1-2H3. The van der Waals surface area contributed by atoms with Crippen molar-refractivity contribution in [2.24, 2.45) is 0 Å². The highest BCUT2D eigenvalue weighted by Crippen LogP contribution is 2.21. The Balaban J connectivity index is 3.18. The first-order valence-corrected chi connectivity index (χ1v) is 5.21. The highest BCUT2D eigenvalue weighted by Gasteiger charge is 2.20. The summed E-state index contributed by atoms with van der Waals surface area (Å²) in [7, 11) is 0. The van der Waals surface area contributed by atoms with Crippen LogP contribution in [0, 0.1) is 11.3 Å². The Bertz CT molecular complexity index is 429. The average Bonchev–Trinajstić information content (AvgIpc) is 2.56. The molecule has 0 spiro atoms. The van der Waals surface area contributed by atoms with Crippen LogP contribution < -0.4 is 5.73 Å². The maximum absolute atomic E-state index is 11.7. The Hall–Kier alpha value is -1.96. The summed E-state index contributed by atoms with van der Waals surface area (Å²) < 4.78 is 6.58. The second kappa shape index (κ2) is 5.21. The van der Waals surface area contributed by atoms with Crippen molar-refractivity contribution in [3.8, 4) is 6.07 Å². The Kier molecular flexibility index (Phi) is 3.95. The molecule has 0 unspecified atom stereocenters. The quantitative estimate of drug-likeness (QED) is 0.782. The van der Waals surface area contributed by atoms with Gasteiger partial charge in [-0.3, -0.25) is 0 Å². The minimum absolute atomic E-state index is 0.203. The van der Waals surface area contributed by atoms with E-state index in [2.05, 4.69) is 0 Å². The van der Waals surface area contributed by atoms with E-state index in [1.165, 1.54) is 0 Å². The summed E-state index contributed by atoms with van der Waals surface area (Å²) in [6, 6.07) is 1.96. The van der Waals surface area contributed by atoms with Gasteiger partial charge >= 0.3 is 5.97 Å². The number of aromatic nitrogens is 1. The van der Waals surface area contributed by atoms with E-state index >= 15 is 0 Å². The molecule has 0 aromatic carbocycles. The topological polar surface area (TPSA) is 81.0 Å². The monoisotopic (exact) mass is 221 g/mol. The van der Waals surface area contributed by atoms with Gasteiger partial charge in [-0.2, -0.15) is 5.26 Å². The van der Waals surface area contributed by atoms with E-state index in [0.29, 0.717) is 12.1 Å². The van der Waals surface area contributed by atoms with Crippen LogP contribution >= 0.6 is 0 Å². The molecule has 0 amide bonds. The molecular formula is C11H15N3O2. The number of ether oxygens (including phenoxy) is 1. The van der Waals surface area contributed by atoms with Crippen LogP contribution in [0.25, 0.3) is 0 Å². The summed E-state index contributed by atoms with van der Waals surface area (Å²) in [5, 5.41) is 8.84. The summed E-state index contributed by atoms with van der Waals surface area (Å²) >= 11 is 0. The number of hydrogen-bond acceptors (Lipinski definition) is 4. The smallest absolute Gasteiger partial charge is 0.357 e. The second-order valence-electron chi connectivity index (χ2n) is 3.33. The molecule has 0 saturated heterocycles. The summed E-state index contributed by atoms with van der Waals surface area (Å²) in [6.45, 7) is 4.64. The summed E-state index contributed by atoms with van der Waals surface area (Å²) in [5.41, 5.74) is 6.53. The molecule has 1 aromatic rings.